The average Bonchev–Trinajstić information content (AvgIpc) is 2.76. The first-order valence-electron chi connectivity index (χ1n) is 7.78. The lowest BCUT2D eigenvalue weighted by Crippen LogP contribution is -2.34. The van der Waals surface area contributed by atoms with Crippen LogP contribution < -0.4 is 10.1 Å². The van der Waals surface area contributed by atoms with Crippen LogP contribution in [0.3, 0.4) is 0 Å². The average molecular weight is 329 g/mol. The van der Waals surface area contributed by atoms with E-state index in [-0.39, 0.29) is 17.3 Å². The molecular formula is C19H20FNO3. The Hall–Kier alpha value is -2.56. The molecule has 24 heavy (non-hydrogen) atoms. The van der Waals surface area contributed by atoms with E-state index in [1.807, 2.05) is 32.0 Å². The van der Waals surface area contributed by atoms with Crippen LogP contribution in [0.4, 0.5) is 9.18 Å². The van der Waals surface area contributed by atoms with Crippen LogP contribution in [0.2, 0.25) is 0 Å². The maximum atomic E-state index is 13.6. The molecule has 1 aliphatic rings. The summed E-state index contributed by atoms with van der Waals surface area (Å²) in [6.07, 6.45) is -0.282. The Balaban J connectivity index is 2.06. The van der Waals surface area contributed by atoms with Crippen molar-refractivity contribution < 1.29 is 19.0 Å². The van der Waals surface area contributed by atoms with Crippen molar-refractivity contribution in [2.75, 3.05) is 7.11 Å². The standard InChI is InChI=1S/C19H20FNO3/c1-19(2)10-12-8-11(4-6-14(12)17(19)21-18(22)23)15-9-13(20)5-7-16(15)24-3/h4-9,17,21H,10H2,1-3H3,(H,22,23). The molecule has 1 atom stereocenters. The third-order valence-corrected chi connectivity index (χ3v) is 4.62. The van der Waals surface area contributed by atoms with Gasteiger partial charge in [-0.05, 0) is 46.7 Å². The van der Waals surface area contributed by atoms with Crippen molar-refractivity contribution >= 4 is 6.09 Å². The molecule has 126 valence electrons. The Morgan fingerprint density at radius 2 is 2.04 bits per heavy atom. The van der Waals surface area contributed by atoms with Crippen LogP contribution in [0, 0.1) is 11.2 Å². The minimum Gasteiger partial charge on any atom is -0.496 e. The summed E-state index contributed by atoms with van der Waals surface area (Å²) in [4.78, 5) is 11.1. The van der Waals surface area contributed by atoms with Crippen LogP contribution >= 0.6 is 0 Å². The van der Waals surface area contributed by atoms with Crippen LogP contribution in [0.25, 0.3) is 11.1 Å². The highest BCUT2D eigenvalue weighted by Gasteiger charge is 2.40. The minimum atomic E-state index is -1.03. The zero-order valence-corrected chi connectivity index (χ0v) is 13.9. The van der Waals surface area contributed by atoms with Gasteiger partial charge in [0.1, 0.15) is 11.6 Å². The predicted octanol–water partition coefficient (Wildman–Crippen LogP) is 4.39. The van der Waals surface area contributed by atoms with E-state index in [9.17, 15) is 9.18 Å². The maximum absolute atomic E-state index is 13.6. The molecule has 1 unspecified atom stereocenters. The Labute approximate surface area is 140 Å². The van der Waals surface area contributed by atoms with E-state index in [2.05, 4.69) is 5.32 Å². The van der Waals surface area contributed by atoms with E-state index >= 15 is 0 Å². The molecule has 2 aromatic carbocycles. The molecule has 0 spiro atoms. The number of benzene rings is 2. The van der Waals surface area contributed by atoms with E-state index < -0.39 is 6.09 Å². The molecule has 0 saturated heterocycles. The second-order valence-corrected chi connectivity index (χ2v) is 6.81. The highest BCUT2D eigenvalue weighted by molar-refractivity contribution is 5.72. The number of ether oxygens (including phenoxy) is 1. The third kappa shape index (κ3) is 2.82. The summed E-state index contributed by atoms with van der Waals surface area (Å²) in [5.41, 5.74) is 3.37. The molecule has 0 fully saturated rings. The van der Waals surface area contributed by atoms with Crippen LogP contribution in [0.5, 0.6) is 5.75 Å². The molecule has 2 N–H and O–H groups in total. The van der Waals surface area contributed by atoms with Gasteiger partial charge in [0.25, 0.3) is 0 Å². The number of halogens is 1. The molecule has 0 bridgehead atoms. The Kier molecular flexibility index (Phi) is 3.95. The largest absolute Gasteiger partial charge is 0.496 e. The van der Waals surface area contributed by atoms with Gasteiger partial charge in [-0.3, -0.25) is 0 Å². The SMILES string of the molecule is COc1ccc(F)cc1-c1ccc2c(c1)CC(C)(C)C2NC(=O)O. The molecule has 1 amide bonds. The molecule has 0 aliphatic heterocycles. The van der Waals surface area contributed by atoms with Gasteiger partial charge in [0, 0.05) is 5.56 Å². The molecule has 4 nitrogen and oxygen atoms in total. The molecule has 1 aliphatic carbocycles. The normalized spacial score (nSPS) is 18.1. The first-order chi connectivity index (χ1) is 11.3. The van der Waals surface area contributed by atoms with Crippen molar-refractivity contribution in [3.63, 3.8) is 0 Å². The number of fused-ring (bicyclic) bond motifs is 1. The first kappa shape index (κ1) is 16.3. The van der Waals surface area contributed by atoms with Gasteiger partial charge in [0.15, 0.2) is 0 Å². The number of methoxy groups -OCH3 is 1. The summed E-state index contributed by atoms with van der Waals surface area (Å²) in [5.74, 6) is 0.283. The highest BCUT2D eigenvalue weighted by Crippen LogP contribution is 2.46. The molecule has 0 radical (unpaired) electrons. The van der Waals surface area contributed by atoms with Crippen LogP contribution in [0.15, 0.2) is 36.4 Å². The lowest BCUT2D eigenvalue weighted by atomic mass is 9.85. The van der Waals surface area contributed by atoms with Crippen molar-refractivity contribution in [3.8, 4) is 16.9 Å². The summed E-state index contributed by atoms with van der Waals surface area (Å²) >= 11 is 0. The number of carboxylic acid groups (broad SMARTS) is 1. The predicted molar refractivity (Wildman–Crippen MR) is 89.8 cm³/mol. The number of carbonyl (C=O) groups is 1. The van der Waals surface area contributed by atoms with Gasteiger partial charge in [-0.15, -0.1) is 0 Å². The van der Waals surface area contributed by atoms with Crippen molar-refractivity contribution in [2.45, 2.75) is 26.3 Å². The Morgan fingerprint density at radius 1 is 1.29 bits per heavy atom. The summed E-state index contributed by atoms with van der Waals surface area (Å²) in [7, 11) is 1.56. The van der Waals surface area contributed by atoms with E-state index in [1.54, 1.807) is 13.2 Å². The first-order valence-corrected chi connectivity index (χ1v) is 7.78. The maximum Gasteiger partial charge on any atom is 0.405 e. The Bertz CT molecular complexity index is 801. The zero-order valence-electron chi connectivity index (χ0n) is 13.9. The number of rotatable bonds is 3. The van der Waals surface area contributed by atoms with Crippen LogP contribution in [0.1, 0.15) is 31.0 Å². The van der Waals surface area contributed by atoms with Crippen molar-refractivity contribution in [1.29, 1.82) is 0 Å². The van der Waals surface area contributed by atoms with Crippen LogP contribution in [-0.2, 0) is 6.42 Å². The molecule has 0 heterocycles. The fourth-order valence-corrected chi connectivity index (χ4v) is 3.52. The lowest BCUT2D eigenvalue weighted by molar-refractivity contribution is 0.175. The van der Waals surface area contributed by atoms with E-state index in [0.29, 0.717) is 11.3 Å². The van der Waals surface area contributed by atoms with Crippen molar-refractivity contribution in [1.82, 2.24) is 5.32 Å². The number of hydrogen-bond acceptors (Lipinski definition) is 2. The van der Waals surface area contributed by atoms with Gasteiger partial charge in [0.05, 0.1) is 13.2 Å². The van der Waals surface area contributed by atoms with Gasteiger partial charge in [-0.1, -0.05) is 32.0 Å². The van der Waals surface area contributed by atoms with Gasteiger partial charge in [-0.25, -0.2) is 9.18 Å². The smallest absolute Gasteiger partial charge is 0.405 e. The molecule has 2 aromatic rings. The zero-order chi connectivity index (χ0) is 17.5. The van der Waals surface area contributed by atoms with E-state index in [1.165, 1.54) is 12.1 Å². The van der Waals surface area contributed by atoms with Gasteiger partial charge >= 0.3 is 6.09 Å². The second kappa shape index (κ2) is 5.82. The molecular weight excluding hydrogens is 309 g/mol. The quantitative estimate of drug-likeness (QED) is 0.878. The van der Waals surface area contributed by atoms with Crippen molar-refractivity contribution in [3.05, 3.63) is 53.3 Å². The lowest BCUT2D eigenvalue weighted by Gasteiger charge is -2.27. The monoisotopic (exact) mass is 329 g/mol. The van der Waals surface area contributed by atoms with Crippen LogP contribution in [-0.4, -0.2) is 18.3 Å². The van der Waals surface area contributed by atoms with E-state index in [4.69, 9.17) is 9.84 Å². The molecule has 0 saturated carbocycles. The second-order valence-electron chi connectivity index (χ2n) is 6.81. The summed E-state index contributed by atoms with van der Waals surface area (Å²) in [6, 6.07) is 9.97. The van der Waals surface area contributed by atoms with Gasteiger partial charge < -0.3 is 15.2 Å². The minimum absolute atomic E-state index is 0.217. The molecule has 0 aromatic heterocycles. The van der Waals surface area contributed by atoms with E-state index in [0.717, 1.165) is 23.1 Å². The highest BCUT2D eigenvalue weighted by atomic mass is 19.1. The molecule has 5 heteroatoms. The van der Waals surface area contributed by atoms with Gasteiger partial charge in [0.2, 0.25) is 0 Å². The number of amides is 1. The van der Waals surface area contributed by atoms with Crippen molar-refractivity contribution in [2.24, 2.45) is 5.41 Å². The third-order valence-electron chi connectivity index (χ3n) is 4.62. The number of hydrogen-bond donors (Lipinski definition) is 2. The fraction of sp³-hybridized carbons (Fsp3) is 0.316. The number of nitrogens with one attached hydrogen (secondary N) is 1. The van der Waals surface area contributed by atoms with Gasteiger partial charge in [-0.2, -0.15) is 0 Å². The summed E-state index contributed by atoms with van der Waals surface area (Å²) in [5, 5.41) is 11.7. The summed E-state index contributed by atoms with van der Waals surface area (Å²) in [6.45, 7) is 4.08. The topological polar surface area (TPSA) is 58.6 Å². The summed E-state index contributed by atoms with van der Waals surface area (Å²) < 4.78 is 19.0. The fourth-order valence-electron chi connectivity index (χ4n) is 3.52. The molecule has 3 rings (SSSR count). The Morgan fingerprint density at radius 3 is 2.71 bits per heavy atom.